The highest BCUT2D eigenvalue weighted by Crippen LogP contribution is 2.44. The van der Waals surface area contributed by atoms with E-state index in [2.05, 4.69) is 0 Å². The predicted octanol–water partition coefficient (Wildman–Crippen LogP) is 4.54. The van der Waals surface area contributed by atoms with E-state index < -0.39 is 16.3 Å². The van der Waals surface area contributed by atoms with Crippen molar-refractivity contribution in [3.8, 4) is 0 Å². The van der Waals surface area contributed by atoms with E-state index in [1.807, 2.05) is 0 Å². The summed E-state index contributed by atoms with van der Waals surface area (Å²) in [5, 5.41) is 10.8. The van der Waals surface area contributed by atoms with Gasteiger partial charge in [-0.2, -0.15) is 4.39 Å². The van der Waals surface area contributed by atoms with Gasteiger partial charge < -0.3 is 4.74 Å². The van der Waals surface area contributed by atoms with Gasteiger partial charge >= 0.3 is 0 Å². The SMILES string of the molecule is CCC1(F)CC2(CCCCC2)N=C(c2ccc([N+](=O)[O-])cc2)O1. The second kappa shape index (κ2) is 5.91. The number of non-ortho nitro benzene ring substituents is 1. The molecule has 1 fully saturated rings. The van der Waals surface area contributed by atoms with E-state index in [4.69, 9.17) is 9.73 Å². The normalized spacial score (nSPS) is 26.4. The molecule has 1 aliphatic carbocycles. The predicted molar refractivity (Wildman–Crippen MR) is 85.3 cm³/mol. The Morgan fingerprint density at radius 2 is 1.91 bits per heavy atom. The molecule has 0 amide bonds. The Balaban J connectivity index is 1.96. The van der Waals surface area contributed by atoms with Gasteiger partial charge in [-0.05, 0) is 25.0 Å². The molecule has 6 heteroatoms. The molecule has 0 N–H and O–H groups in total. The molecule has 0 saturated heterocycles. The molecule has 0 radical (unpaired) electrons. The van der Waals surface area contributed by atoms with Crippen LogP contribution < -0.4 is 0 Å². The molecule has 1 heterocycles. The Kier molecular flexibility index (Phi) is 4.08. The first-order valence-corrected chi connectivity index (χ1v) is 8.18. The fraction of sp³-hybridized carbons (Fsp3) is 0.588. The first-order valence-electron chi connectivity index (χ1n) is 8.18. The maximum Gasteiger partial charge on any atom is 0.269 e. The van der Waals surface area contributed by atoms with Crippen LogP contribution in [0.25, 0.3) is 0 Å². The number of nitrogens with zero attached hydrogens (tertiary/aromatic N) is 2. The Morgan fingerprint density at radius 3 is 2.48 bits per heavy atom. The fourth-order valence-electron chi connectivity index (χ4n) is 3.52. The molecule has 1 aliphatic heterocycles. The number of nitro benzene ring substituents is 1. The summed E-state index contributed by atoms with van der Waals surface area (Å²) in [5.74, 6) is -1.44. The number of nitro groups is 1. The monoisotopic (exact) mass is 320 g/mol. The molecule has 2 aliphatic rings. The topological polar surface area (TPSA) is 64.7 Å². The quantitative estimate of drug-likeness (QED) is 0.606. The second-order valence-electron chi connectivity index (χ2n) is 6.52. The smallest absolute Gasteiger partial charge is 0.269 e. The third-order valence-corrected chi connectivity index (χ3v) is 4.85. The summed E-state index contributed by atoms with van der Waals surface area (Å²) in [6.07, 6.45) is 5.58. The number of benzene rings is 1. The van der Waals surface area contributed by atoms with Crippen LogP contribution in [0.15, 0.2) is 29.3 Å². The molecule has 0 bridgehead atoms. The van der Waals surface area contributed by atoms with Gasteiger partial charge in [0.1, 0.15) is 0 Å². The standard InChI is InChI=1S/C17H21FN2O3/c1-2-17(18)12-16(10-4-3-5-11-16)19-15(23-17)13-6-8-14(9-7-13)20(21)22/h6-9H,2-5,10-12H2,1H3. The van der Waals surface area contributed by atoms with E-state index in [1.54, 1.807) is 19.1 Å². The maximum atomic E-state index is 15.1. The third-order valence-electron chi connectivity index (χ3n) is 4.85. The van der Waals surface area contributed by atoms with Gasteiger partial charge in [-0.3, -0.25) is 10.1 Å². The van der Waals surface area contributed by atoms with E-state index in [1.165, 1.54) is 12.1 Å². The lowest BCUT2D eigenvalue weighted by atomic mass is 9.76. The minimum atomic E-state index is -1.71. The van der Waals surface area contributed by atoms with E-state index in [-0.39, 0.29) is 18.0 Å². The summed E-state index contributed by atoms with van der Waals surface area (Å²) in [5.41, 5.74) is 0.202. The van der Waals surface area contributed by atoms with Gasteiger partial charge in [-0.25, -0.2) is 4.99 Å². The second-order valence-corrected chi connectivity index (χ2v) is 6.52. The minimum absolute atomic E-state index is 0.000424. The molecule has 1 atom stereocenters. The number of hydrogen-bond acceptors (Lipinski definition) is 4. The average Bonchev–Trinajstić information content (AvgIpc) is 2.55. The first-order chi connectivity index (χ1) is 11.0. The van der Waals surface area contributed by atoms with Gasteiger partial charge in [0.15, 0.2) is 0 Å². The van der Waals surface area contributed by atoms with Gasteiger partial charge in [0.2, 0.25) is 5.90 Å². The molecule has 5 nitrogen and oxygen atoms in total. The van der Waals surface area contributed by atoms with Gasteiger partial charge in [-0.15, -0.1) is 0 Å². The number of aliphatic imine (C=N–C) groups is 1. The lowest BCUT2D eigenvalue weighted by Crippen LogP contribution is -2.46. The number of alkyl halides is 1. The van der Waals surface area contributed by atoms with Crippen LogP contribution in [-0.4, -0.2) is 22.2 Å². The van der Waals surface area contributed by atoms with Crippen LogP contribution in [0.4, 0.5) is 10.1 Å². The lowest BCUT2D eigenvalue weighted by molar-refractivity contribution is -0.384. The molecule has 1 spiro atoms. The number of ether oxygens (including phenoxy) is 1. The van der Waals surface area contributed by atoms with Gasteiger partial charge in [0.05, 0.1) is 10.5 Å². The molecule has 1 unspecified atom stereocenters. The zero-order valence-corrected chi connectivity index (χ0v) is 13.3. The summed E-state index contributed by atoms with van der Waals surface area (Å²) < 4.78 is 20.6. The van der Waals surface area contributed by atoms with Crippen molar-refractivity contribution >= 4 is 11.6 Å². The highest BCUT2D eigenvalue weighted by atomic mass is 19.2. The van der Waals surface area contributed by atoms with Crippen LogP contribution in [0.3, 0.4) is 0 Å². The van der Waals surface area contributed by atoms with Crippen molar-refractivity contribution in [1.29, 1.82) is 0 Å². The van der Waals surface area contributed by atoms with Crippen LogP contribution in [0.1, 0.15) is 57.4 Å². The number of rotatable bonds is 3. The van der Waals surface area contributed by atoms with Crippen LogP contribution in [0.5, 0.6) is 0 Å². The molecule has 1 aromatic rings. The van der Waals surface area contributed by atoms with Gasteiger partial charge in [0.25, 0.3) is 11.5 Å². The van der Waals surface area contributed by atoms with Crippen molar-refractivity contribution in [1.82, 2.24) is 0 Å². The van der Waals surface area contributed by atoms with E-state index in [0.29, 0.717) is 12.0 Å². The Hall–Kier alpha value is -1.98. The van der Waals surface area contributed by atoms with Crippen LogP contribution >= 0.6 is 0 Å². The summed E-state index contributed by atoms with van der Waals surface area (Å²) in [7, 11) is 0. The Bertz CT molecular complexity index is 623. The molecule has 1 aromatic carbocycles. The molecule has 124 valence electrons. The van der Waals surface area contributed by atoms with Crippen molar-refractivity contribution < 1.29 is 14.1 Å². The van der Waals surface area contributed by atoms with Crippen LogP contribution in [-0.2, 0) is 4.74 Å². The molecule has 3 rings (SSSR count). The first kappa shape index (κ1) is 15.9. The summed E-state index contributed by atoms with van der Waals surface area (Å²) in [6.45, 7) is 1.77. The van der Waals surface area contributed by atoms with Gasteiger partial charge in [0, 0.05) is 30.5 Å². The Labute approximate surface area is 134 Å². The van der Waals surface area contributed by atoms with E-state index in [0.717, 1.165) is 32.1 Å². The van der Waals surface area contributed by atoms with Crippen molar-refractivity contribution in [3.63, 3.8) is 0 Å². The highest BCUT2D eigenvalue weighted by molar-refractivity contribution is 5.95. The highest BCUT2D eigenvalue weighted by Gasteiger charge is 2.47. The van der Waals surface area contributed by atoms with Crippen molar-refractivity contribution in [2.45, 2.75) is 63.3 Å². The fourth-order valence-corrected chi connectivity index (χ4v) is 3.52. The average molecular weight is 320 g/mol. The van der Waals surface area contributed by atoms with Crippen molar-refractivity contribution in [2.24, 2.45) is 4.99 Å². The van der Waals surface area contributed by atoms with E-state index in [9.17, 15) is 10.1 Å². The molecule has 0 aromatic heterocycles. The molecular formula is C17H21FN2O3. The third kappa shape index (κ3) is 3.21. The summed E-state index contributed by atoms with van der Waals surface area (Å²) >= 11 is 0. The largest absolute Gasteiger partial charge is 0.440 e. The molecule has 1 saturated carbocycles. The summed E-state index contributed by atoms with van der Waals surface area (Å²) in [4.78, 5) is 15.1. The maximum absolute atomic E-state index is 15.1. The number of hydrogen-bond donors (Lipinski definition) is 0. The van der Waals surface area contributed by atoms with Gasteiger partial charge in [-0.1, -0.05) is 26.2 Å². The Morgan fingerprint density at radius 1 is 1.26 bits per heavy atom. The van der Waals surface area contributed by atoms with E-state index >= 15 is 4.39 Å². The zero-order valence-electron chi connectivity index (χ0n) is 13.3. The summed E-state index contributed by atoms with van der Waals surface area (Å²) in [6, 6.07) is 5.95. The van der Waals surface area contributed by atoms with Crippen LogP contribution in [0, 0.1) is 10.1 Å². The number of halogens is 1. The van der Waals surface area contributed by atoms with Crippen LogP contribution in [0.2, 0.25) is 0 Å². The molecule has 23 heavy (non-hydrogen) atoms. The molecular weight excluding hydrogens is 299 g/mol. The van der Waals surface area contributed by atoms with Crippen molar-refractivity contribution in [2.75, 3.05) is 0 Å². The minimum Gasteiger partial charge on any atom is -0.440 e. The zero-order chi connectivity index (χ0) is 16.5. The van der Waals surface area contributed by atoms with Crippen molar-refractivity contribution in [3.05, 3.63) is 39.9 Å². The lowest BCUT2D eigenvalue weighted by Gasteiger charge is -2.43.